The number of hydrogen-bond donors (Lipinski definition) is 0. The quantitative estimate of drug-likeness (QED) is 0.225. The summed E-state index contributed by atoms with van der Waals surface area (Å²) in [5.41, 5.74) is 2.78. The highest BCUT2D eigenvalue weighted by molar-refractivity contribution is 5.66. The Morgan fingerprint density at radius 1 is 0.886 bits per heavy atom. The second-order valence-corrected chi connectivity index (χ2v) is 15.2. The van der Waals surface area contributed by atoms with E-state index in [0.717, 1.165) is 31.1 Å². The molecule has 0 N–H and O–H groups in total. The number of rotatable bonds is 5. The van der Waals surface area contributed by atoms with E-state index in [2.05, 4.69) is 55.0 Å². The fourth-order valence-corrected chi connectivity index (χ4v) is 10.9. The van der Waals surface area contributed by atoms with E-state index >= 15 is 0 Å². The van der Waals surface area contributed by atoms with Gasteiger partial charge in [-0.05, 0) is 118 Å². The number of ether oxygens (including phenoxy) is 2. The van der Waals surface area contributed by atoms with E-state index in [1.165, 1.54) is 50.5 Å². The van der Waals surface area contributed by atoms with E-state index in [1.807, 2.05) is 0 Å². The molecule has 1 heterocycles. The number of esters is 1. The summed E-state index contributed by atoms with van der Waals surface area (Å²) in [6.07, 6.45) is 13.0. The monoisotopic (exact) mass is 484 g/mol. The second-order valence-electron chi connectivity index (χ2n) is 15.2. The lowest BCUT2D eigenvalue weighted by Crippen LogP contribution is -2.64. The Morgan fingerprint density at radius 2 is 1.54 bits per heavy atom. The largest absolute Gasteiger partial charge is 0.462 e. The standard InChI is InChI=1S/C32H52O3/c1-20(10-13-27-29(5,6)35-27)22-14-18-31(8)23(22)11-12-25-30(7)17-16-26(34-21(2)33)28(3,4)24(30)15-19-32(25,31)9/h22-27H,1,10-19H2,2-9H3. The summed E-state index contributed by atoms with van der Waals surface area (Å²) in [5.74, 6) is 2.76. The maximum atomic E-state index is 11.9. The molecular weight excluding hydrogens is 432 g/mol. The van der Waals surface area contributed by atoms with Crippen molar-refractivity contribution >= 4 is 5.97 Å². The Morgan fingerprint density at radius 3 is 2.17 bits per heavy atom. The van der Waals surface area contributed by atoms with Crippen LogP contribution in [0.3, 0.4) is 0 Å². The first-order valence-electron chi connectivity index (χ1n) is 14.7. The van der Waals surface area contributed by atoms with E-state index in [9.17, 15) is 4.79 Å². The van der Waals surface area contributed by atoms with Gasteiger partial charge in [0.25, 0.3) is 0 Å². The molecule has 4 aliphatic carbocycles. The fourth-order valence-electron chi connectivity index (χ4n) is 10.9. The van der Waals surface area contributed by atoms with Gasteiger partial charge in [0.1, 0.15) is 6.10 Å². The van der Waals surface area contributed by atoms with E-state index in [1.54, 1.807) is 6.92 Å². The smallest absolute Gasteiger partial charge is 0.302 e. The van der Waals surface area contributed by atoms with Crippen LogP contribution in [0, 0.1) is 45.3 Å². The van der Waals surface area contributed by atoms with Crippen LogP contribution in [0.4, 0.5) is 0 Å². The molecule has 0 radical (unpaired) electrons. The molecule has 4 saturated carbocycles. The molecular formula is C32H52O3. The van der Waals surface area contributed by atoms with Crippen molar-refractivity contribution in [2.45, 2.75) is 137 Å². The Kier molecular flexibility index (Phi) is 5.96. The van der Waals surface area contributed by atoms with Gasteiger partial charge in [-0.15, -0.1) is 0 Å². The summed E-state index contributed by atoms with van der Waals surface area (Å²) in [4.78, 5) is 11.9. The third kappa shape index (κ3) is 3.71. The van der Waals surface area contributed by atoms with Crippen molar-refractivity contribution in [2.75, 3.05) is 0 Å². The van der Waals surface area contributed by atoms with Gasteiger partial charge in [-0.25, -0.2) is 0 Å². The molecule has 5 rings (SSSR count). The highest BCUT2D eigenvalue weighted by Crippen LogP contribution is 2.75. The molecule has 1 saturated heterocycles. The SMILES string of the molecule is C=C(CCC1OC1(C)C)C1CCC2(C)C1CCC1C3(C)CCC(OC(C)=O)C(C)(C)C3CCC12C. The minimum Gasteiger partial charge on any atom is -0.462 e. The number of allylic oxidation sites excluding steroid dienone is 1. The normalized spacial score (nSPS) is 49.4. The number of hydrogen-bond acceptors (Lipinski definition) is 3. The maximum Gasteiger partial charge on any atom is 0.302 e. The summed E-state index contributed by atoms with van der Waals surface area (Å²) in [6.45, 7) is 23.4. The van der Waals surface area contributed by atoms with Gasteiger partial charge >= 0.3 is 5.97 Å². The van der Waals surface area contributed by atoms with Crippen molar-refractivity contribution in [3.8, 4) is 0 Å². The van der Waals surface area contributed by atoms with Crippen LogP contribution < -0.4 is 0 Å². The molecule has 9 unspecified atom stereocenters. The average Bonchev–Trinajstić information content (AvgIpc) is 3.20. The van der Waals surface area contributed by atoms with Crippen molar-refractivity contribution in [2.24, 2.45) is 45.3 Å². The van der Waals surface area contributed by atoms with Crippen molar-refractivity contribution in [3.63, 3.8) is 0 Å². The second kappa shape index (κ2) is 8.08. The molecule has 0 bridgehead atoms. The molecule has 0 amide bonds. The third-order valence-electron chi connectivity index (χ3n) is 13.1. The molecule has 3 heteroatoms. The third-order valence-corrected chi connectivity index (χ3v) is 13.1. The van der Waals surface area contributed by atoms with Gasteiger partial charge in [0.2, 0.25) is 0 Å². The van der Waals surface area contributed by atoms with Crippen LogP contribution >= 0.6 is 0 Å². The molecule has 5 fully saturated rings. The lowest BCUT2D eigenvalue weighted by Gasteiger charge is -2.70. The lowest BCUT2D eigenvalue weighted by atomic mass is 9.35. The van der Waals surface area contributed by atoms with E-state index in [0.29, 0.717) is 34.2 Å². The van der Waals surface area contributed by atoms with Crippen molar-refractivity contribution in [1.82, 2.24) is 0 Å². The number of fused-ring (bicyclic) bond motifs is 5. The molecule has 9 atom stereocenters. The van der Waals surface area contributed by atoms with Gasteiger partial charge in [-0.1, -0.05) is 46.8 Å². The first-order valence-corrected chi connectivity index (χ1v) is 14.7. The van der Waals surface area contributed by atoms with Gasteiger partial charge in [-0.3, -0.25) is 4.79 Å². The molecule has 35 heavy (non-hydrogen) atoms. The average molecular weight is 485 g/mol. The van der Waals surface area contributed by atoms with E-state index < -0.39 is 0 Å². The predicted octanol–water partition coefficient (Wildman–Crippen LogP) is 8.12. The molecule has 0 spiro atoms. The number of carbonyl (C=O) groups is 1. The first kappa shape index (κ1) is 25.8. The van der Waals surface area contributed by atoms with Crippen LogP contribution in [-0.2, 0) is 14.3 Å². The van der Waals surface area contributed by atoms with Crippen molar-refractivity contribution < 1.29 is 14.3 Å². The fraction of sp³-hybridized carbons (Fsp3) is 0.906. The Labute approximate surface area is 215 Å². The van der Waals surface area contributed by atoms with Crippen LogP contribution in [0.2, 0.25) is 0 Å². The Bertz CT molecular complexity index is 887. The van der Waals surface area contributed by atoms with Crippen molar-refractivity contribution in [1.29, 1.82) is 0 Å². The minimum absolute atomic E-state index is 0.0446. The lowest BCUT2D eigenvalue weighted by molar-refractivity contribution is -0.226. The number of epoxide rings is 1. The van der Waals surface area contributed by atoms with Gasteiger partial charge in [-0.2, -0.15) is 0 Å². The zero-order valence-corrected chi connectivity index (χ0v) is 24.0. The van der Waals surface area contributed by atoms with Crippen molar-refractivity contribution in [3.05, 3.63) is 12.2 Å². The number of carbonyl (C=O) groups excluding carboxylic acids is 1. The van der Waals surface area contributed by atoms with Gasteiger partial charge in [0.05, 0.1) is 11.7 Å². The zero-order valence-electron chi connectivity index (χ0n) is 24.0. The van der Waals surface area contributed by atoms with Crippen LogP contribution in [0.1, 0.15) is 120 Å². The van der Waals surface area contributed by atoms with Crippen LogP contribution in [0.15, 0.2) is 12.2 Å². The molecule has 1 aliphatic heterocycles. The molecule has 0 aromatic rings. The molecule has 0 aromatic heterocycles. The molecule has 0 aromatic carbocycles. The van der Waals surface area contributed by atoms with Crippen LogP contribution in [0.25, 0.3) is 0 Å². The summed E-state index contributed by atoms with van der Waals surface area (Å²) in [7, 11) is 0. The summed E-state index contributed by atoms with van der Waals surface area (Å²) in [5, 5.41) is 0. The van der Waals surface area contributed by atoms with E-state index in [4.69, 9.17) is 9.47 Å². The Hall–Kier alpha value is -0.830. The molecule has 3 nitrogen and oxygen atoms in total. The topological polar surface area (TPSA) is 38.8 Å². The zero-order chi connectivity index (χ0) is 25.6. The highest BCUT2D eigenvalue weighted by Gasteiger charge is 2.68. The predicted molar refractivity (Wildman–Crippen MR) is 142 cm³/mol. The van der Waals surface area contributed by atoms with Gasteiger partial charge in [0.15, 0.2) is 0 Å². The Balaban J connectivity index is 1.35. The van der Waals surface area contributed by atoms with Crippen LogP contribution in [0.5, 0.6) is 0 Å². The maximum absolute atomic E-state index is 11.9. The summed E-state index contributed by atoms with van der Waals surface area (Å²) < 4.78 is 11.8. The molecule has 5 aliphatic rings. The highest BCUT2D eigenvalue weighted by atomic mass is 16.6. The summed E-state index contributed by atoms with van der Waals surface area (Å²) >= 11 is 0. The van der Waals surface area contributed by atoms with Gasteiger partial charge < -0.3 is 9.47 Å². The minimum atomic E-state index is -0.116. The van der Waals surface area contributed by atoms with Gasteiger partial charge in [0, 0.05) is 12.3 Å². The first-order chi connectivity index (χ1) is 16.2. The molecule has 198 valence electrons. The van der Waals surface area contributed by atoms with Crippen LogP contribution in [-0.4, -0.2) is 23.8 Å². The summed E-state index contributed by atoms with van der Waals surface area (Å²) in [6, 6.07) is 0. The van der Waals surface area contributed by atoms with E-state index in [-0.39, 0.29) is 23.1 Å².